The van der Waals surface area contributed by atoms with Gasteiger partial charge in [-0.05, 0) is 38.8 Å². The second-order valence-electron chi connectivity index (χ2n) is 4.64. The van der Waals surface area contributed by atoms with E-state index in [1.807, 2.05) is 0 Å². The smallest absolute Gasteiger partial charge is 0.0702 e. The maximum atomic E-state index is 5.83. The van der Waals surface area contributed by atoms with Gasteiger partial charge in [0, 0.05) is 13.2 Å². The number of rotatable bonds is 7. The van der Waals surface area contributed by atoms with E-state index >= 15 is 0 Å². The minimum Gasteiger partial charge on any atom is -0.377 e. The summed E-state index contributed by atoms with van der Waals surface area (Å²) >= 11 is 0. The topological polar surface area (TPSA) is 12.5 Å². The summed E-state index contributed by atoms with van der Waals surface area (Å²) in [5.74, 6) is 0. The van der Waals surface area contributed by atoms with Gasteiger partial charge in [-0.15, -0.1) is 0 Å². The molecule has 1 aliphatic rings. The van der Waals surface area contributed by atoms with Gasteiger partial charge in [0.1, 0.15) is 0 Å². The van der Waals surface area contributed by atoms with E-state index in [0.29, 0.717) is 6.10 Å². The first-order valence-electron chi connectivity index (χ1n) is 6.70. The van der Waals surface area contributed by atoms with E-state index in [1.54, 1.807) is 0 Å². The normalized spacial score (nSPS) is 23.2. The molecule has 90 valence electrons. The highest BCUT2D eigenvalue weighted by molar-refractivity contribution is 4.73. The quantitative estimate of drug-likeness (QED) is 0.603. The molecule has 0 spiro atoms. The van der Waals surface area contributed by atoms with Gasteiger partial charge in [-0.3, -0.25) is 0 Å². The van der Waals surface area contributed by atoms with Crippen molar-refractivity contribution in [2.75, 3.05) is 26.2 Å². The Bertz CT molecular complexity index is 149. The maximum absolute atomic E-state index is 5.83. The maximum Gasteiger partial charge on any atom is 0.0702 e. The van der Waals surface area contributed by atoms with Gasteiger partial charge in [0.25, 0.3) is 0 Å². The summed E-state index contributed by atoms with van der Waals surface area (Å²) in [5.41, 5.74) is 0. The highest BCUT2D eigenvalue weighted by atomic mass is 16.5. The Hall–Kier alpha value is -0.0800. The molecule has 0 saturated carbocycles. The van der Waals surface area contributed by atoms with Gasteiger partial charge in [-0.2, -0.15) is 0 Å². The third kappa shape index (κ3) is 5.53. The van der Waals surface area contributed by atoms with Crippen LogP contribution in [-0.4, -0.2) is 37.2 Å². The lowest BCUT2D eigenvalue weighted by Gasteiger charge is -2.32. The standard InChI is InChI=1S/C13H27NO/c1-3-5-6-9-14-10-7-8-13(12-14)15-11-4-2/h13H,3-12H2,1-2H3. The van der Waals surface area contributed by atoms with Crippen molar-refractivity contribution in [3.8, 4) is 0 Å². The molecule has 2 heteroatoms. The molecule has 0 radical (unpaired) electrons. The van der Waals surface area contributed by atoms with Crippen LogP contribution < -0.4 is 0 Å². The van der Waals surface area contributed by atoms with Crippen molar-refractivity contribution in [1.29, 1.82) is 0 Å². The average molecular weight is 213 g/mol. The third-order valence-corrected chi connectivity index (χ3v) is 3.10. The van der Waals surface area contributed by atoms with Crippen LogP contribution in [0.1, 0.15) is 52.4 Å². The molecule has 0 aromatic carbocycles. The van der Waals surface area contributed by atoms with Crippen LogP contribution in [0.2, 0.25) is 0 Å². The largest absolute Gasteiger partial charge is 0.377 e. The zero-order valence-electron chi connectivity index (χ0n) is 10.5. The number of likely N-dealkylation sites (tertiary alicyclic amines) is 1. The van der Waals surface area contributed by atoms with Crippen molar-refractivity contribution in [2.24, 2.45) is 0 Å². The molecular weight excluding hydrogens is 186 g/mol. The van der Waals surface area contributed by atoms with Gasteiger partial charge in [0.2, 0.25) is 0 Å². The predicted molar refractivity (Wildman–Crippen MR) is 65.2 cm³/mol. The first-order valence-corrected chi connectivity index (χ1v) is 6.70. The fourth-order valence-corrected chi connectivity index (χ4v) is 2.22. The lowest BCUT2D eigenvalue weighted by atomic mass is 10.1. The number of ether oxygens (including phenoxy) is 1. The van der Waals surface area contributed by atoms with Gasteiger partial charge in [-0.25, -0.2) is 0 Å². The molecule has 1 fully saturated rings. The molecule has 1 atom stereocenters. The zero-order valence-corrected chi connectivity index (χ0v) is 10.5. The number of hydrogen-bond donors (Lipinski definition) is 0. The van der Waals surface area contributed by atoms with E-state index in [2.05, 4.69) is 18.7 Å². The van der Waals surface area contributed by atoms with E-state index in [0.717, 1.165) is 13.0 Å². The zero-order chi connectivity index (χ0) is 10.9. The number of hydrogen-bond acceptors (Lipinski definition) is 2. The van der Waals surface area contributed by atoms with Crippen LogP contribution in [0.15, 0.2) is 0 Å². The minimum absolute atomic E-state index is 0.514. The lowest BCUT2D eigenvalue weighted by Crippen LogP contribution is -2.40. The fourth-order valence-electron chi connectivity index (χ4n) is 2.22. The minimum atomic E-state index is 0.514. The molecule has 1 saturated heterocycles. The Kier molecular flexibility index (Phi) is 7.03. The molecule has 0 N–H and O–H groups in total. The van der Waals surface area contributed by atoms with Gasteiger partial charge < -0.3 is 9.64 Å². The highest BCUT2D eigenvalue weighted by Crippen LogP contribution is 2.14. The summed E-state index contributed by atoms with van der Waals surface area (Å²) in [4.78, 5) is 2.58. The molecule has 0 aliphatic carbocycles. The number of piperidine rings is 1. The molecular formula is C13H27NO. The molecule has 0 amide bonds. The van der Waals surface area contributed by atoms with Gasteiger partial charge in [0.15, 0.2) is 0 Å². The van der Waals surface area contributed by atoms with Crippen molar-refractivity contribution in [2.45, 2.75) is 58.5 Å². The van der Waals surface area contributed by atoms with Crippen molar-refractivity contribution >= 4 is 0 Å². The molecule has 15 heavy (non-hydrogen) atoms. The Morgan fingerprint density at radius 2 is 2.07 bits per heavy atom. The van der Waals surface area contributed by atoms with Crippen LogP contribution in [0, 0.1) is 0 Å². The summed E-state index contributed by atoms with van der Waals surface area (Å²) < 4.78 is 5.83. The third-order valence-electron chi connectivity index (χ3n) is 3.10. The molecule has 1 aliphatic heterocycles. The molecule has 1 unspecified atom stereocenters. The van der Waals surface area contributed by atoms with Crippen LogP contribution in [0.3, 0.4) is 0 Å². The SMILES string of the molecule is CCCCCN1CCCC(OCCC)C1. The summed E-state index contributed by atoms with van der Waals surface area (Å²) in [6, 6.07) is 0. The lowest BCUT2D eigenvalue weighted by molar-refractivity contribution is -0.000334. The Morgan fingerprint density at radius 3 is 2.80 bits per heavy atom. The second-order valence-corrected chi connectivity index (χ2v) is 4.64. The first-order chi connectivity index (χ1) is 7.36. The van der Waals surface area contributed by atoms with Crippen molar-refractivity contribution in [1.82, 2.24) is 4.90 Å². The Morgan fingerprint density at radius 1 is 1.20 bits per heavy atom. The Balaban J connectivity index is 2.11. The number of nitrogens with zero attached hydrogens (tertiary/aromatic N) is 1. The molecule has 0 aromatic heterocycles. The molecule has 0 bridgehead atoms. The highest BCUT2D eigenvalue weighted by Gasteiger charge is 2.19. The summed E-state index contributed by atoms with van der Waals surface area (Å²) in [6.45, 7) is 9.12. The predicted octanol–water partition coefficient (Wildman–Crippen LogP) is 3.07. The van der Waals surface area contributed by atoms with E-state index in [1.165, 1.54) is 51.7 Å². The van der Waals surface area contributed by atoms with Crippen LogP contribution in [0.25, 0.3) is 0 Å². The average Bonchev–Trinajstić information content (AvgIpc) is 2.27. The van der Waals surface area contributed by atoms with E-state index < -0.39 is 0 Å². The summed E-state index contributed by atoms with van der Waals surface area (Å²) in [7, 11) is 0. The van der Waals surface area contributed by atoms with E-state index in [9.17, 15) is 0 Å². The van der Waals surface area contributed by atoms with Crippen molar-refractivity contribution < 1.29 is 4.74 Å². The van der Waals surface area contributed by atoms with E-state index in [-0.39, 0.29) is 0 Å². The Labute approximate surface area is 95.0 Å². The van der Waals surface area contributed by atoms with Crippen LogP contribution >= 0.6 is 0 Å². The van der Waals surface area contributed by atoms with Crippen LogP contribution in [0.4, 0.5) is 0 Å². The van der Waals surface area contributed by atoms with Crippen molar-refractivity contribution in [3.63, 3.8) is 0 Å². The van der Waals surface area contributed by atoms with Crippen LogP contribution in [-0.2, 0) is 4.74 Å². The first kappa shape index (κ1) is 13.0. The molecule has 1 heterocycles. The van der Waals surface area contributed by atoms with Gasteiger partial charge >= 0.3 is 0 Å². The monoisotopic (exact) mass is 213 g/mol. The molecule has 1 rings (SSSR count). The van der Waals surface area contributed by atoms with Gasteiger partial charge in [-0.1, -0.05) is 26.7 Å². The van der Waals surface area contributed by atoms with Crippen molar-refractivity contribution in [3.05, 3.63) is 0 Å². The fraction of sp³-hybridized carbons (Fsp3) is 1.00. The second kappa shape index (κ2) is 8.12. The summed E-state index contributed by atoms with van der Waals surface area (Å²) in [6.07, 6.45) is 8.30. The van der Waals surface area contributed by atoms with Gasteiger partial charge in [0.05, 0.1) is 6.10 Å². The summed E-state index contributed by atoms with van der Waals surface area (Å²) in [5, 5.41) is 0. The van der Waals surface area contributed by atoms with E-state index in [4.69, 9.17) is 4.74 Å². The van der Waals surface area contributed by atoms with Crippen LogP contribution in [0.5, 0.6) is 0 Å². The number of unbranched alkanes of at least 4 members (excludes halogenated alkanes) is 2. The molecule has 2 nitrogen and oxygen atoms in total. The molecule has 0 aromatic rings.